The molecule has 0 bridgehead atoms. The van der Waals surface area contributed by atoms with E-state index in [0.29, 0.717) is 18.4 Å². The maximum Gasteiger partial charge on any atom is 0.319 e. The number of hydrogen-bond donors (Lipinski definition) is 3. The third-order valence-corrected chi connectivity index (χ3v) is 7.51. The zero-order valence-electron chi connectivity index (χ0n) is 20.0. The topological polar surface area (TPSA) is 117 Å². The Morgan fingerprint density at radius 3 is 2.89 bits per heavy atom. The maximum atomic E-state index is 16.0. The summed E-state index contributed by atoms with van der Waals surface area (Å²) in [6.45, 7) is 1.17. The standard InChI is InChI=1S/C27H22F3N5O3/c1-2-16-18(29)5-4-13-8-15(36)9-17(19(13)16)22-21(30)23-20(25(37)32-22)24(31)34-26(33-23)38-12-27-6-3-7-35(27)11-14(28)10-27/h1,4-5,8-9,14,36H,3,6-7,10-12H2,(H,32,37)(H2,31,33,34)/t14-,27+/m1/s1. The summed E-state index contributed by atoms with van der Waals surface area (Å²) in [4.78, 5) is 25.6. The Bertz CT molecular complexity index is 1730. The van der Waals surface area contributed by atoms with Gasteiger partial charge in [0.15, 0.2) is 5.82 Å². The summed E-state index contributed by atoms with van der Waals surface area (Å²) in [7, 11) is 0. The second kappa shape index (κ2) is 8.63. The van der Waals surface area contributed by atoms with E-state index in [2.05, 4.69) is 20.9 Å². The van der Waals surface area contributed by atoms with Crippen LogP contribution in [0.2, 0.25) is 0 Å². The lowest BCUT2D eigenvalue weighted by molar-refractivity contribution is 0.107. The molecule has 38 heavy (non-hydrogen) atoms. The number of H-pyrrole nitrogens is 1. The fourth-order valence-corrected chi connectivity index (χ4v) is 5.85. The number of phenols is 1. The molecule has 4 aromatic rings. The Morgan fingerprint density at radius 1 is 1.29 bits per heavy atom. The number of aromatic nitrogens is 3. The number of rotatable bonds is 4. The summed E-state index contributed by atoms with van der Waals surface area (Å²) in [6.07, 6.45) is 6.53. The molecule has 0 unspecified atom stereocenters. The minimum absolute atomic E-state index is 0.0379. The summed E-state index contributed by atoms with van der Waals surface area (Å²) in [6, 6.07) is 4.78. The van der Waals surface area contributed by atoms with Gasteiger partial charge in [-0.05, 0) is 43.0 Å². The molecule has 4 heterocycles. The SMILES string of the molecule is C#Cc1c(F)ccc2cc(O)cc(-c3[nH]c(=O)c4c(N)nc(OC[C@@]56CCCN5C[C@H](F)C6)nc4c3F)c12. The zero-order valence-corrected chi connectivity index (χ0v) is 20.0. The molecule has 2 aromatic carbocycles. The van der Waals surface area contributed by atoms with Crippen molar-refractivity contribution in [3.63, 3.8) is 0 Å². The highest BCUT2D eigenvalue weighted by Crippen LogP contribution is 2.41. The van der Waals surface area contributed by atoms with E-state index in [1.165, 1.54) is 18.2 Å². The first-order valence-electron chi connectivity index (χ1n) is 12.0. The number of phenolic OH excluding ortho intramolecular Hbond substituents is 1. The number of fused-ring (bicyclic) bond motifs is 3. The van der Waals surface area contributed by atoms with E-state index in [1.54, 1.807) is 0 Å². The fourth-order valence-electron chi connectivity index (χ4n) is 5.85. The lowest BCUT2D eigenvalue weighted by Gasteiger charge is -2.30. The van der Waals surface area contributed by atoms with Gasteiger partial charge in [0.2, 0.25) is 0 Å². The fraction of sp³-hybridized carbons (Fsp3) is 0.296. The highest BCUT2D eigenvalue weighted by Gasteiger charge is 2.49. The van der Waals surface area contributed by atoms with Crippen LogP contribution >= 0.6 is 0 Å². The Labute approximate surface area is 214 Å². The Morgan fingerprint density at radius 2 is 2.11 bits per heavy atom. The molecular weight excluding hydrogens is 499 g/mol. The van der Waals surface area contributed by atoms with Crippen LogP contribution in [0.3, 0.4) is 0 Å². The van der Waals surface area contributed by atoms with Crippen molar-refractivity contribution in [2.75, 3.05) is 25.4 Å². The van der Waals surface area contributed by atoms with Crippen molar-refractivity contribution >= 4 is 27.5 Å². The quantitative estimate of drug-likeness (QED) is 0.351. The number of pyridine rings is 1. The smallest absolute Gasteiger partial charge is 0.319 e. The van der Waals surface area contributed by atoms with Crippen molar-refractivity contribution in [1.82, 2.24) is 19.9 Å². The van der Waals surface area contributed by atoms with Crippen molar-refractivity contribution in [3.8, 4) is 35.4 Å². The van der Waals surface area contributed by atoms with E-state index >= 15 is 4.39 Å². The van der Waals surface area contributed by atoms with E-state index in [0.717, 1.165) is 25.5 Å². The molecule has 2 saturated heterocycles. The second-order valence-electron chi connectivity index (χ2n) is 9.78. The van der Waals surface area contributed by atoms with Crippen LogP contribution in [0.1, 0.15) is 24.8 Å². The number of halogens is 3. The van der Waals surface area contributed by atoms with Gasteiger partial charge >= 0.3 is 6.01 Å². The van der Waals surface area contributed by atoms with Gasteiger partial charge in [0, 0.05) is 23.9 Å². The highest BCUT2D eigenvalue weighted by molar-refractivity contribution is 6.02. The first kappa shape index (κ1) is 24.1. The van der Waals surface area contributed by atoms with Crippen LogP contribution in [0.4, 0.5) is 19.0 Å². The Hall–Kier alpha value is -4.30. The molecule has 4 N–H and O–H groups in total. The second-order valence-corrected chi connectivity index (χ2v) is 9.78. The van der Waals surface area contributed by atoms with Crippen LogP contribution in [0, 0.1) is 24.0 Å². The Kier molecular flexibility index (Phi) is 5.47. The van der Waals surface area contributed by atoms with E-state index < -0.39 is 34.4 Å². The van der Waals surface area contributed by atoms with Crippen molar-refractivity contribution in [2.24, 2.45) is 0 Å². The first-order valence-corrected chi connectivity index (χ1v) is 12.0. The molecule has 11 heteroatoms. The van der Waals surface area contributed by atoms with Crippen LogP contribution in [-0.4, -0.2) is 56.4 Å². The molecule has 2 fully saturated rings. The summed E-state index contributed by atoms with van der Waals surface area (Å²) >= 11 is 0. The van der Waals surface area contributed by atoms with E-state index in [4.69, 9.17) is 16.9 Å². The lowest BCUT2D eigenvalue weighted by Crippen LogP contribution is -2.43. The number of nitrogen functional groups attached to an aromatic ring is 1. The van der Waals surface area contributed by atoms with Gasteiger partial charge in [-0.15, -0.1) is 6.42 Å². The minimum Gasteiger partial charge on any atom is -0.508 e. The number of hydrogen-bond acceptors (Lipinski definition) is 7. The van der Waals surface area contributed by atoms with Crippen LogP contribution in [0.15, 0.2) is 29.1 Å². The molecule has 8 nitrogen and oxygen atoms in total. The number of ether oxygens (including phenoxy) is 1. The number of terminal acetylenes is 1. The summed E-state index contributed by atoms with van der Waals surface area (Å²) in [5.74, 6) is -0.0202. The lowest BCUT2D eigenvalue weighted by atomic mass is 9.95. The van der Waals surface area contributed by atoms with Crippen LogP contribution < -0.4 is 16.0 Å². The number of benzene rings is 2. The molecule has 2 aliphatic rings. The number of nitrogens with two attached hydrogens (primary N) is 1. The van der Waals surface area contributed by atoms with Gasteiger partial charge in [0.05, 0.1) is 16.8 Å². The van der Waals surface area contributed by atoms with Gasteiger partial charge in [-0.25, -0.2) is 13.2 Å². The van der Waals surface area contributed by atoms with Crippen LogP contribution in [0.25, 0.3) is 32.9 Å². The van der Waals surface area contributed by atoms with E-state index in [9.17, 15) is 18.7 Å². The number of aromatic hydroxyl groups is 1. The number of aromatic amines is 1. The molecule has 2 aliphatic heterocycles. The van der Waals surface area contributed by atoms with Crippen molar-refractivity contribution in [2.45, 2.75) is 31.0 Å². The van der Waals surface area contributed by atoms with Gasteiger partial charge in [-0.1, -0.05) is 12.0 Å². The highest BCUT2D eigenvalue weighted by atomic mass is 19.1. The molecule has 194 valence electrons. The molecule has 0 aliphatic carbocycles. The molecule has 0 spiro atoms. The van der Waals surface area contributed by atoms with Gasteiger partial charge in [0.1, 0.15) is 41.1 Å². The average Bonchev–Trinajstić information content (AvgIpc) is 3.40. The van der Waals surface area contributed by atoms with Crippen LogP contribution in [0.5, 0.6) is 11.8 Å². The Balaban J connectivity index is 1.49. The number of nitrogens with one attached hydrogen (secondary N) is 1. The predicted octanol–water partition coefficient (Wildman–Crippen LogP) is 3.64. The van der Waals surface area contributed by atoms with E-state index in [1.807, 2.05) is 4.90 Å². The molecule has 0 amide bonds. The molecule has 0 radical (unpaired) electrons. The molecule has 2 aromatic heterocycles. The third kappa shape index (κ3) is 3.63. The number of nitrogens with zero attached hydrogens (tertiary/aromatic N) is 3. The minimum atomic E-state index is -0.997. The normalized spacial score (nSPS) is 21.2. The number of anilines is 1. The number of alkyl halides is 1. The summed E-state index contributed by atoms with van der Waals surface area (Å²) < 4.78 is 50.5. The monoisotopic (exact) mass is 521 g/mol. The van der Waals surface area contributed by atoms with Gasteiger partial charge < -0.3 is 20.6 Å². The predicted molar refractivity (Wildman–Crippen MR) is 136 cm³/mol. The van der Waals surface area contributed by atoms with Gasteiger partial charge in [-0.2, -0.15) is 9.97 Å². The summed E-state index contributed by atoms with van der Waals surface area (Å²) in [5.41, 5.74) is 3.72. The molecule has 2 atom stereocenters. The van der Waals surface area contributed by atoms with Gasteiger partial charge in [0.25, 0.3) is 5.56 Å². The van der Waals surface area contributed by atoms with Gasteiger partial charge in [-0.3, -0.25) is 9.69 Å². The molecular formula is C27H22F3N5O3. The summed E-state index contributed by atoms with van der Waals surface area (Å²) in [5, 5.41) is 10.4. The molecule has 0 saturated carbocycles. The van der Waals surface area contributed by atoms with Crippen LogP contribution in [-0.2, 0) is 0 Å². The maximum absolute atomic E-state index is 16.0. The van der Waals surface area contributed by atoms with E-state index in [-0.39, 0.29) is 51.8 Å². The zero-order chi connectivity index (χ0) is 26.8. The largest absolute Gasteiger partial charge is 0.508 e. The van der Waals surface area contributed by atoms with Crippen molar-refractivity contribution in [1.29, 1.82) is 0 Å². The molecule has 6 rings (SSSR count). The average molecular weight is 521 g/mol. The first-order chi connectivity index (χ1) is 18.2. The van der Waals surface area contributed by atoms with Crippen molar-refractivity contribution in [3.05, 3.63) is 51.8 Å². The van der Waals surface area contributed by atoms with Crippen molar-refractivity contribution < 1.29 is 23.0 Å². The third-order valence-electron chi connectivity index (χ3n) is 7.51.